The fourth-order valence-electron chi connectivity index (χ4n) is 6.86. The first-order valence-corrected chi connectivity index (χ1v) is 12.5. The highest BCUT2D eigenvalue weighted by molar-refractivity contribution is 5.69. The Kier molecular flexibility index (Phi) is 5.83. The molecule has 3 saturated heterocycles. The molecule has 3 fully saturated rings. The van der Waals surface area contributed by atoms with E-state index in [1.165, 1.54) is 0 Å². The van der Waals surface area contributed by atoms with E-state index in [2.05, 4.69) is 18.7 Å². The number of rotatable bonds is 5. The topological polar surface area (TPSA) is 64.8 Å². The zero-order valence-electron chi connectivity index (χ0n) is 20.4. The van der Waals surface area contributed by atoms with Crippen LogP contribution in [0.1, 0.15) is 51.2 Å². The molecule has 2 atom stereocenters. The summed E-state index contributed by atoms with van der Waals surface area (Å²) in [6.07, 6.45) is 2.99. The molecule has 3 aliphatic heterocycles. The number of aryl methyl sites for hydroxylation is 1. The number of primary amides is 1. The minimum absolute atomic E-state index is 0.0862. The Hall–Kier alpha value is -2.60. The molecule has 182 valence electrons. The number of halogens is 1. The van der Waals surface area contributed by atoms with Crippen LogP contribution in [0.5, 0.6) is 5.75 Å². The highest BCUT2D eigenvalue weighted by Gasteiger charge is 2.61. The third-order valence-corrected chi connectivity index (χ3v) is 8.51. The van der Waals surface area contributed by atoms with E-state index >= 15 is 4.39 Å². The van der Waals surface area contributed by atoms with E-state index in [1.54, 1.807) is 6.07 Å². The molecule has 5 nitrogen and oxygen atoms in total. The predicted octanol–water partition coefficient (Wildman–Crippen LogP) is 5.50. The predicted molar refractivity (Wildman–Crippen MR) is 130 cm³/mol. The van der Waals surface area contributed by atoms with Crippen molar-refractivity contribution in [2.24, 2.45) is 23.0 Å². The molecular weight excluding hydrogens is 431 g/mol. The molecule has 2 aromatic rings. The number of carbonyl (C=O) groups excluding carboxylic acids is 1. The number of nitrogens with two attached hydrogens (primary N) is 1. The Morgan fingerprint density at radius 1 is 1.21 bits per heavy atom. The Labute approximate surface area is 201 Å². The number of hydrogen-bond donors (Lipinski definition) is 1. The fourth-order valence-corrected chi connectivity index (χ4v) is 6.86. The number of carbonyl (C=O) groups is 1. The van der Waals surface area contributed by atoms with Gasteiger partial charge in [-0.1, -0.05) is 26.0 Å². The van der Waals surface area contributed by atoms with Gasteiger partial charge in [0, 0.05) is 29.0 Å². The molecule has 6 heteroatoms. The van der Waals surface area contributed by atoms with Gasteiger partial charge < -0.3 is 20.1 Å². The third kappa shape index (κ3) is 3.67. The normalized spacial score (nSPS) is 29.4. The molecule has 0 radical (unpaired) electrons. The van der Waals surface area contributed by atoms with Gasteiger partial charge in [0.05, 0.1) is 6.61 Å². The van der Waals surface area contributed by atoms with Gasteiger partial charge in [0.25, 0.3) is 0 Å². The molecule has 4 aliphatic rings. The summed E-state index contributed by atoms with van der Waals surface area (Å²) >= 11 is 0. The van der Waals surface area contributed by atoms with Crippen LogP contribution >= 0.6 is 0 Å². The summed E-state index contributed by atoms with van der Waals surface area (Å²) in [6.45, 7) is 9.77. The summed E-state index contributed by atoms with van der Waals surface area (Å²) in [5.74, 6) is 0.920. The van der Waals surface area contributed by atoms with Crippen molar-refractivity contribution in [2.45, 2.75) is 52.1 Å². The van der Waals surface area contributed by atoms with E-state index in [9.17, 15) is 4.79 Å². The molecule has 6 rings (SSSR count). The molecule has 2 aromatic carbocycles. The molecule has 0 spiro atoms. The molecule has 3 heterocycles. The molecule has 0 unspecified atom stereocenters. The van der Waals surface area contributed by atoms with Gasteiger partial charge in [0.2, 0.25) is 0 Å². The average Bonchev–Trinajstić information content (AvgIpc) is 2.82. The Bertz CT molecular complexity index is 1090. The zero-order chi connectivity index (χ0) is 24.1. The number of amides is 1. The van der Waals surface area contributed by atoms with Crippen LogP contribution in [0.4, 0.5) is 9.18 Å². The van der Waals surface area contributed by atoms with Crippen LogP contribution in [0.15, 0.2) is 36.4 Å². The van der Waals surface area contributed by atoms with Crippen molar-refractivity contribution >= 4 is 6.09 Å². The maximum atomic E-state index is 15.8. The summed E-state index contributed by atoms with van der Waals surface area (Å²) < 4.78 is 27.7. The number of nitrogens with zero attached hydrogens (tertiary/aromatic N) is 1. The Balaban J connectivity index is 1.67. The van der Waals surface area contributed by atoms with E-state index in [0.717, 1.165) is 67.8 Å². The van der Waals surface area contributed by atoms with Crippen LogP contribution in [0, 0.1) is 23.1 Å². The van der Waals surface area contributed by atoms with Crippen molar-refractivity contribution in [1.82, 2.24) is 4.90 Å². The lowest BCUT2D eigenvalue weighted by molar-refractivity contribution is -0.173. The van der Waals surface area contributed by atoms with E-state index in [0.29, 0.717) is 18.1 Å². The minimum atomic E-state index is -0.956. The van der Waals surface area contributed by atoms with Crippen molar-refractivity contribution < 1.29 is 18.7 Å². The number of benzene rings is 2. The van der Waals surface area contributed by atoms with Crippen molar-refractivity contribution in [2.75, 3.05) is 26.2 Å². The first-order valence-electron chi connectivity index (χ1n) is 12.5. The highest BCUT2D eigenvalue weighted by atomic mass is 19.1. The van der Waals surface area contributed by atoms with Crippen molar-refractivity contribution in [3.8, 4) is 16.9 Å². The van der Waals surface area contributed by atoms with Crippen LogP contribution in [0.3, 0.4) is 0 Å². The summed E-state index contributed by atoms with van der Waals surface area (Å²) in [7, 11) is 0. The van der Waals surface area contributed by atoms with Crippen LogP contribution in [0.2, 0.25) is 0 Å². The van der Waals surface area contributed by atoms with Gasteiger partial charge in [0.15, 0.2) is 0 Å². The number of piperidine rings is 3. The lowest BCUT2D eigenvalue weighted by Crippen LogP contribution is -2.62. The summed E-state index contributed by atoms with van der Waals surface area (Å²) in [5.41, 5.74) is 7.54. The first kappa shape index (κ1) is 23.2. The molecular formula is C28H35FN2O3. The molecule has 1 amide bonds. The SMILES string of the molecule is CCOc1cccc(-c2cc3c(cc2F)[C@@](OC(N)=O)([C@@H]2CN4CCC2CC4)C(C)(C)CC3)c1. The van der Waals surface area contributed by atoms with Crippen LogP contribution < -0.4 is 10.5 Å². The maximum Gasteiger partial charge on any atom is 0.405 e. The number of ether oxygens (including phenoxy) is 2. The summed E-state index contributed by atoms with van der Waals surface area (Å²) in [6, 6.07) is 11.1. The van der Waals surface area contributed by atoms with Gasteiger partial charge in [-0.25, -0.2) is 9.18 Å². The second-order valence-corrected chi connectivity index (χ2v) is 10.7. The van der Waals surface area contributed by atoms with Gasteiger partial charge in [-0.3, -0.25) is 0 Å². The Morgan fingerprint density at radius 3 is 2.62 bits per heavy atom. The van der Waals surface area contributed by atoms with Gasteiger partial charge >= 0.3 is 6.09 Å². The van der Waals surface area contributed by atoms with Gasteiger partial charge in [-0.05, 0) is 87.0 Å². The summed E-state index contributed by atoms with van der Waals surface area (Å²) in [4.78, 5) is 14.8. The van der Waals surface area contributed by atoms with Gasteiger partial charge in [0.1, 0.15) is 17.2 Å². The third-order valence-electron chi connectivity index (χ3n) is 8.51. The number of hydrogen-bond acceptors (Lipinski definition) is 4. The van der Waals surface area contributed by atoms with E-state index in [-0.39, 0.29) is 17.2 Å². The smallest absolute Gasteiger partial charge is 0.405 e. The Morgan fingerprint density at radius 2 is 1.97 bits per heavy atom. The quantitative estimate of drug-likeness (QED) is 0.632. The molecule has 0 aromatic heterocycles. The van der Waals surface area contributed by atoms with Crippen LogP contribution in [0.25, 0.3) is 11.1 Å². The summed E-state index contributed by atoms with van der Waals surface area (Å²) in [5, 5.41) is 0. The van der Waals surface area contributed by atoms with Crippen LogP contribution in [-0.4, -0.2) is 37.2 Å². The molecule has 2 N–H and O–H groups in total. The largest absolute Gasteiger partial charge is 0.494 e. The first-order chi connectivity index (χ1) is 16.2. The highest BCUT2D eigenvalue weighted by Crippen LogP contribution is 2.59. The van der Waals surface area contributed by atoms with Crippen molar-refractivity contribution in [3.05, 3.63) is 53.3 Å². The second kappa shape index (κ2) is 8.56. The maximum absolute atomic E-state index is 15.8. The molecule has 34 heavy (non-hydrogen) atoms. The fraction of sp³-hybridized carbons (Fsp3) is 0.536. The standard InChI is InChI=1S/C28H35FN2O3/c1-4-33-21-7-5-6-19(14-21)22-15-20-8-11-27(2,3)28(34-26(30)32,23(20)16-25(22)29)24-17-31-12-9-18(24)10-13-31/h5-7,14-16,18,24H,4,8-13,17H2,1-3H3,(H2,30,32)/t24-,28-/m1/s1. The van der Waals surface area contributed by atoms with Crippen molar-refractivity contribution in [3.63, 3.8) is 0 Å². The van der Waals surface area contributed by atoms with E-state index in [1.807, 2.05) is 37.3 Å². The molecule has 0 saturated carbocycles. The van der Waals surface area contributed by atoms with Gasteiger partial charge in [-0.2, -0.15) is 0 Å². The second-order valence-electron chi connectivity index (χ2n) is 10.7. The lowest BCUT2D eigenvalue weighted by atomic mass is 9.53. The minimum Gasteiger partial charge on any atom is -0.494 e. The number of fused-ring (bicyclic) bond motifs is 4. The molecule has 1 aliphatic carbocycles. The van der Waals surface area contributed by atoms with Crippen LogP contribution in [-0.2, 0) is 16.8 Å². The monoisotopic (exact) mass is 466 g/mol. The average molecular weight is 467 g/mol. The van der Waals surface area contributed by atoms with Crippen molar-refractivity contribution in [1.29, 1.82) is 0 Å². The lowest BCUT2D eigenvalue weighted by Gasteiger charge is -2.59. The van der Waals surface area contributed by atoms with E-state index in [4.69, 9.17) is 15.2 Å². The zero-order valence-corrected chi connectivity index (χ0v) is 20.4. The van der Waals surface area contributed by atoms with E-state index < -0.39 is 11.7 Å². The molecule has 2 bridgehead atoms. The van der Waals surface area contributed by atoms with Gasteiger partial charge in [-0.15, -0.1) is 0 Å².